The molecule has 4 aromatic rings. The molecule has 3 heterocycles. The molecule has 2 N–H and O–H groups in total. The van der Waals surface area contributed by atoms with Gasteiger partial charge in [-0.15, -0.1) is 0 Å². The van der Waals surface area contributed by atoms with E-state index in [-0.39, 0.29) is 11.5 Å². The lowest BCUT2D eigenvalue weighted by Gasteiger charge is -2.02. The molecule has 0 unspecified atom stereocenters. The first-order chi connectivity index (χ1) is 12.6. The maximum Gasteiger partial charge on any atom is 0.335 e. The molecule has 0 fully saturated rings. The van der Waals surface area contributed by atoms with Crippen molar-refractivity contribution < 1.29 is 14.7 Å². The van der Waals surface area contributed by atoms with Gasteiger partial charge in [0.1, 0.15) is 5.65 Å². The van der Waals surface area contributed by atoms with Crippen LogP contribution in [-0.2, 0) is 0 Å². The van der Waals surface area contributed by atoms with Gasteiger partial charge in [0.05, 0.1) is 23.8 Å². The smallest absolute Gasteiger partial charge is 0.335 e. The fraction of sp³-hybridized carbons (Fsp3) is 0. The number of nitrogens with one attached hydrogen (secondary N) is 1. The zero-order valence-electron chi connectivity index (χ0n) is 13.4. The molecule has 8 heteroatoms. The van der Waals surface area contributed by atoms with Crippen LogP contribution in [0.2, 0.25) is 0 Å². The Morgan fingerprint density at radius 1 is 1.00 bits per heavy atom. The van der Waals surface area contributed by atoms with E-state index < -0.39 is 5.97 Å². The highest BCUT2D eigenvalue weighted by Gasteiger charge is 2.10. The van der Waals surface area contributed by atoms with E-state index in [2.05, 4.69) is 15.3 Å². The number of pyridine rings is 1. The number of nitrogens with zero attached hydrogens (tertiary/aromatic N) is 4. The van der Waals surface area contributed by atoms with Crippen LogP contribution in [0.1, 0.15) is 20.7 Å². The van der Waals surface area contributed by atoms with E-state index in [9.17, 15) is 9.59 Å². The van der Waals surface area contributed by atoms with Crippen molar-refractivity contribution in [2.75, 3.05) is 5.32 Å². The summed E-state index contributed by atoms with van der Waals surface area (Å²) in [5.41, 5.74) is 2.08. The van der Waals surface area contributed by atoms with Crippen molar-refractivity contribution in [1.82, 2.24) is 18.9 Å². The Balaban J connectivity index is 1.56. The van der Waals surface area contributed by atoms with Crippen LogP contribution in [0.15, 0.2) is 67.5 Å². The summed E-state index contributed by atoms with van der Waals surface area (Å²) in [5.74, 6) is -0.994. The monoisotopic (exact) mass is 347 g/mol. The van der Waals surface area contributed by atoms with Gasteiger partial charge in [0.25, 0.3) is 5.91 Å². The van der Waals surface area contributed by atoms with Gasteiger partial charge in [-0.1, -0.05) is 0 Å². The van der Waals surface area contributed by atoms with Crippen molar-refractivity contribution >= 4 is 23.3 Å². The summed E-state index contributed by atoms with van der Waals surface area (Å²) in [5, 5.41) is 11.6. The number of carbonyl (C=O) groups excluding carboxylic acids is 1. The summed E-state index contributed by atoms with van der Waals surface area (Å²) in [6.07, 6.45) is 8.81. The first kappa shape index (κ1) is 15.6. The van der Waals surface area contributed by atoms with Gasteiger partial charge < -0.3 is 19.4 Å². The number of anilines is 1. The third-order valence-corrected chi connectivity index (χ3v) is 3.87. The maximum atomic E-state index is 12.3. The van der Waals surface area contributed by atoms with Crippen LogP contribution in [0, 0.1) is 0 Å². The molecule has 0 radical (unpaired) electrons. The zero-order valence-corrected chi connectivity index (χ0v) is 13.4. The Bertz CT molecular complexity index is 1100. The summed E-state index contributed by atoms with van der Waals surface area (Å²) in [6, 6.07) is 9.45. The van der Waals surface area contributed by atoms with Gasteiger partial charge in [-0.2, -0.15) is 0 Å². The minimum atomic E-state index is -1.04. The fourth-order valence-electron chi connectivity index (χ4n) is 2.56. The normalized spacial score (nSPS) is 10.8. The molecule has 1 aromatic carbocycles. The SMILES string of the molecule is O=C(O)c1ccc(C(=O)Nc2cn3cc(-n4ccnc4)ccc3n2)cc1. The molecule has 0 aliphatic carbocycles. The summed E-state index contributed by atoms with van der Waals surface area (Å²) in [4.78, 5) is 31.5. The highest BCUT2D eigenvalue weighted by Crippen LogP contribution is 2.15. The van der Waals surface area contributed by atoms with E-state index in [1.54, 1.807) is 23.1 Å². The number of hydrogen-bond acceptors (Lipinski definition) is 4. The molecule has 3 aromatic heterocycles. The highest BCUT2D eigenvalue weighted by molar-refractivity contribution is 6.04. The number of carboxylic acid groups (broad SMARTS) is 1. The Morgan fingerprint density at radius 2 is 1.77 bits per heavy atom. The van der Waals surface area contributed by atoms with Gasteiger partial charge in [-0.25, -0.2) is 14.8 Å². The quantitative estimate of drug-likeness (QED) is 0.590. The first-order valence-corrected chi connectivity index (χ1v) is 7.72. The third-order valence-electron chi connectivity index (χ3n) is 3.87. The molecule has 4 rings (SSSR count). The third kappa shape index (κ3) is 2.91. The number of imidazole rings is 2. The number of fused-ring (bicyclic) bond motifs is 1. The number of amides is 1. The average molecular weight is 347 g/mol. The number of rotatable bonds is 4. The van der Waals surface area contributed by atoms with Crippen LogP contribution in [0.4, 0.5) is 5.82 Å². The van der Waals surface area contributed by atoms with E-state index >= 15 is 0 Å². The van der Waals surface area contributed by atoms with Crippen LogP contribution >= 0.6 is 0 Å². The average Bonchev–Trinajstić information content (AvgIpc) is 3.30. The molecular weight excluding hydrogens is 334 g/mol. The van der Waals surface area contributed by atoms with Gasteiger partial charge in [0.15, 0.2) is 5.82 Å². The predicted molar refractivity (Wildman–Crippen MR) is 93.7 cm³/mol. The largest absolute Gasteiger partial charge is 0.478 e. The number of hydrogen-bond donors (Lipinski definition) is 2. The fourth-order valence-corrected chi connectivity index (χ4v) is 2.56. The minimum Gasteiger partial charge on any atom is -0.478 e. The van der Waals surface area contributed by atoms with Crippen molar-refractivity contribution in [2.24, 2.45) is 0 Å². The van der Waals surface area contributed by atoms with Gasteiger partial charge >= 0.3 is 5.97 Å². The second-order valence-corrected chi connectivity index (χ2v) is 5.59. The Kier molecular flexibility index (Phi) is 3.70. The molecule has 0 saturated carbocycles. The van der Waals surface area contributed by atoms with Gasteiger partial charge in [-0.3, -0.25) is 4.79 Å². The summed E-state index contributed by atoms with van der Waals surface area (Å²) in [7, 11) is 0. The lowest BCUT2D eigenvalue weighted by atomic mass is 10.1. The molecule has 0 spiro atoms. The highest BCUT2D eigenvalue weighted by atomic mass is 16.4. The van der Waals surface area contributed by atoms with Crippen LogP contribution < -0.4 is 5.32 Å². The van der Waals surface area contributed by atoms with Gasteiger partial charge in [0, 0.05) is 24.2 Å². The molecular formula is C18H13N5O3. The first-order valence-electron chi connectivity index (χ1n) is 7.72. The summed E-state index contributed by atoms with van der Waals surface area (Å²) < 4.78 is 3.67. The summed E-state index contributed by atoms with van der Waals surface area (Å²) in [6.45, 7) is 0. The van der Waals surface area contributed by atoms with Crippen molar-refractivity contribution in [1.29, 1.82) is 0 Å². The number of aromatic carboxylic acids is 1. The number of aromatic nitrogens is 4. The van der Waals surface area contributed by atoms with Gasteiger partial charge in [0.2, 0.25) is 0 Å². The molecule has 0 atom stereocenters. The molecule has 1 amide bonds. The molecule has 0 saturated heterocycles. The molecule has 8 nitrogen and oxygen atoms in total. The number of carbonyl (C=O) groups is 2. The molecule has 0 aliphatic rings. The van der Waals surface area contributed by atoms with E-state index in [0.29, 0.717) is 17.0 Å². The zero-order chi connectivity index (χ0) is 18.1. The summed E-state index contributed by atoms with van der Waals surface area (Å²) >= 11 is 0. The van der Waals surface area contributed by atoms with Crippen molar-refractivity contribution in [3.05, 3.63) is 78.6 Å². The van der Waals surface area contributed by atoms with Gasteiger partial charge in [-0.05, 0) is 36.4 Å². The van der Waals surface area contributed by atoms with Crippen molar-refractivity contribution in [3.8, 4) is 5.69 Å². The predicted octanol–water partition coefficient (Wildman–Crippen LogP) is 2.47. The molecule has 0 aliphatic heterocycles. The maximum absolute atomic E-state index is 12.3. The lowest BCUT2D eigenvalue weighted by Crippen LogP contribution is -2.12. The van der Waals surface area contributed by atoms with E-state index in [1.807, 2.05) is 29.1 Å². The van der Waals surface area contributed by atoms with Crippen molar-refractivity contribution in [3.63, 3.8) is 0 Å². The molecule has 26 heavy (non-hydrogen) atoms. The van der Waals surface area contributed by atoms with Crippen LogP contribution in [0.25, 0.3) is 11.3 Å². The van der Waals surface area contributed by atoms with Crippen molar-refractivity contribution in [2.45, 2.75) is 0 Å². The topological polar surface area (TPSA) is 102 Å². The van der Waals surface area contributed by atoms with Crippen LogP contribution in [0.5, 0.6) is 0 Å². The van der Waals surface area contributed by atoms with E-state index in [4.69, 9.17) is 5.11 Å². The lowest BCUT2D eigenvalue weighted by molar-refractivity contribution is 0.0696. The van der Waals surface area contributed by atoms with E-state index in [1.165, 1.54) is 24.3 Å². The van der Waals surface area contributed by atoms with Crippen LogP contribution in [0.3, 0.4) is 0 Å². The van der Waals surface area contributed by atoms with E-state index in [0.717, 1.165) is 5.69 Å². The Hall–Kier alpha value is -3.94. The Morgan fingerprint density at radius 3 is 2.46 bits per heavy atom. The minimum absolute atomic E-state index is 0.126. The standard InChI is InChI=1S/C18H13N5O3/c24-17(12-1-3-13(4-2-12)18(25)26)21-15-10-23-9-14(5-6-16(23)20-15)22-8-7-19-11-22/h1-11H,(H,21,24)(H,25,26). The number of carboxylic acids is 1. The second-order valence-electron chi connectivity index (χ2n) is 5.59. The molecule has 128 valence electrons. The molecule has 0 bridgehead atoms. The number of benzene rings is 1. The second kappa shape index (κ2) is 6.17. The Labute approximate surface area is 147 Å². The van der Waals surface area contributed by atoms with Crippen LogP contribution in [-0.4, -0.2) is 35.9 Å².